The number of rotatable bonds is 4. The van der Waals surface area contributed by atoms with E-state index in [4.69, 9.17) is 5.11 Å². The fraction of sp³-hybridized carbons (Fsp3) is 0.818. The second kappa shape index (κ2) is 5.46. The number of aliphatic hydroxyl groups is 1. The number of hydrogen-bond acceptors (Lipinski definition) is 4. The first-order valence-electron chi connectivity index (χ1n) is 5.84. The first-order valence-corrected chi connectivity index (χ1v) is 5.84. The Labute approximate surface area is 100 Å². The molecule has 17 heavy (non-hydrogen) atoms. The van der Waals surface area contributed by atoms with Crippen LogP contribution < -0.4 is 10.6 Å². The molecule has 98 valence electrons. The molecule has 6 nitrogen and oxygen atoms in total. The quantitative estimate of drug-likeness (QED) is 0.533. The van der Waals surface area contributed by atoms with E-state index in [0.717, 1.165) is 19.4 Å². The molecule has 0 saturated carbocycles. The van der Waals surface area contributed by atoms with Gasteiger partial charge in [-0.2, -0.15) is 0 Å². The molecule has 1 heterocycles. The predicted molar refractivity (Wildman–Crippen MR) is 61.5 cm³/mol. The third-order valence-electron chi connectivity index (χ3n) is 3.15. The van der Waals surface area contributed by atoms with E-state index in [1.165, 1.54) is 6.92 Å². The molecule has 1 aliphatic heterocycles. The summed E-state index contributed by atoms with van der Waals surface area (Å²) in [6, 6.07) is -1.26. The van der Waals surface area contributed by atoms with Crippen molar-refractivity contribution < 1.29 is 19.8 Å². The number of carboxylic acid groups (broad SMARTS) is 1. The lowest BCUT2D eigenvalue weighted by Gasteiger charge is -2.34. The number of carbonyl (C=O) groups is 2. The highest BCUT2D eigenvalue weighted by molar-refractivity contribution is 5.90. The van der Waals surface area contributed by atoms with Crippen LogP contribution in [0.1, 0.15) is 33.1 Å². The third kappa shape index (κ3) is 3.41. The van der Waals surface area contributed by atoms with Gasteiger partial charge in [-0.3, -0.25) is 4.79 Å². The molecule has 0 bridgehead atoms. The van der Waals surface area contributed by atoms with Crippen molar-refractivity contribution in [2.75, 3.05) is 6.54 Å². The molecule has 1 amide bonds. The van der Waals surface area contributed by atoms with Gasteiger partial charge in [-0.15, -0.1) is 0 Å². The number of carbonyl (C=O) groups excluding carboxylic acids is 1. The predicted octanol–water partition coefficient (Wildman–Crippen LogP) is -0.531. The average molecular weight is 244 g/mol. The van der Waals surface area contributed by atoms with Crippen molar-refractivity contribution in [3.63, 3.8) is 0 Å². The van der Waals surface area contributed by atoms with E-state index >= 15 is 0 Å². The molecule has 0 aromatic rings. The van der Waals surface area contributed by atoms with Crippen LogP contribution in [0.5, 0.6) is 0 Å². The van der Waals surface area contributed by atoms with E-state index in [9.17, 15) is 14.7 Å². The minimum atomic E-state index is -1.26. The summed E-state index contributed by atoms with van der Waals surface area (Å²) in [7, 11) is 0. The summed E-state index contributed by atoms with van der Waals surface area (Å²) < 4.78 is 0. The Kier molecular flexibility index (Phi) is 4.47. The Hall–Kier alpha value is -1.14. The molecular weight excluding hydrogens is 224 g/mol. The van der Waals surface area contributed by atoms with Crippen molar-refractivity contribution in [2.24, 2.45) is 0 Å². The van der Waals surface area contributed by atoms with E-state index in [0.29, 0.717) is 6.42 Å². The van der Waals surface area contributed by atoms with Gasteiger partial charge in [0.25, 0.3) is 0 Å². The van der Waals surface area contributed by atoms with Crippen molar-refractivity contribution >= 4 is 11.9 Å². The van der Waals surface area contributed by atoms with E-state index in [1.807, 2.05) is 0 Å². The summed E-state index contributed by atoms with van der Waals surface area (Å²) >= 11 is 0. The summed E-state index contributed by atoms with van der Waals surface area (Å²) in [6.45, 7) is 3.84. The molecule has 0 aromatic heterocycles. The maximum atomic E-state index is 12.0. The Bertz CT molecular complexity index is 298. The summed E-state index contributed by atoms with van der Waals surface area (Å²) in [5.74, 6) is -1.60. The van der Waals surface area contributed by atoms with Gasteiger partial charge >= 0.3 is 5.97 Å². The molecule has 1 fully saturated rings. The van der Waals surface area contributed by atoms with Crippen LogP contribution in [0, 0.1) is 0 Å². The van der Waals surface area contributed by atoms with Crippen molar-refractivity contribution in [3.8, 4) is 0 Å². The van der Waals surface area contributed by atoms with Crippen LogP contribution in [-0.4, -0.2) is 46.3 Å². The molecule has 6 heteroatoms. The molecule has 1 aliphatic rings. The zero-order valence-corrected chi connectivity index (χ0v) is 10.2. The van der Waals surface area contributed by atoms with Crippen LogP contribution >= 0.6 is 0 Å². The van der Waals surface area contributed by atoms with Crippen LogP contribution in [-0.2, 0) is 9.59 Å². The molecule has 3 unspecified atom stereocenters. The number of piperidine rings is 1. The van der Waals surface area contributed by atoms with E-state index < -0.39 is 23.7 Å². The van der Waals surface area contributed by atoms with Crippen LogP contribution in [0.25, 0.3) is 0 Å². The van der Waals surface area contributed by atoms with Crippen LogP contribution in [0.2, 0.25) is 0 Å². The van der Waals surface area contributed by atoms with Gasteiger partial charge in [0.05, 0.1) is 11.6 Å². The Morgan fingerprint density at radius 1 is 1.41 bits per heavy atom. The second-order valence-corrected chi connectivity index (χ2v) is 4.75. The van der Waals surface area contributed by atoms with Gasteiger partial charge in [-0.05, 0) is 39.7 Å². The minimum absolute atomic E-state index is 0.370. The van der Waals surface area contributed by atoms with Crippen LogP contribution in [0.15, 0.2) is 0 Å². The van der Waals surface area contributed by atoms with Crippen molar-refractivity contribution in [1.29, 1.82) is 0 Å². The zero-order valence-electron chi connectivity index (χ0n) is 10.2. The number of hydrogen-bond donors (Lipinski definition) is 4. The first kappa shape index (κ1) is 13.9. The van der Waals surface area contributed by atoms with Crippen molar-refractivity contribution in [3.05, 3.63) is 0 Å². The molecule has 0 aromatic carbocycles. The molecule has 0 spiro atoms. The van der Waals surface area contributed by atoms with Gasteiger partial charge in [-0.1, -0.05) is 0 Å². The number of carboxylic acids is 1. The maximum Gasteiger partial charge on any atom is 0.328 e. The fourth-order valence-corrected chi connectivity index (χ4v) is 1.94. The number of amides is 1. The summed E-state index contributed by atoms with van der Waals surface area (Å²) in [6.07, 6.45) is 1.50. The fourth-order valence-electron chi connectivity index (χ4n) is 1.94. The van der Waals surface area contributed by atoms with Crippen molar-refractivity contribution in [2.45, 2.75) is 50.8 Å². The lowest BCUT2D eigenvalue weighted by Crippen LogP contribution is -2.61. The second-order valence-electron chi connectivity index (χ2n) is 4.75. The monoisotopic (exact) mass is 244 g/mol. The van der Waals surface area contributed by atoms with E-state index in [-0.39, 0.29) is 5.91 Å². The third-order valence-corrected chi connectivity index (χ3v) is 3.15. The lowest BCUT2D eigenvalue weighted by molar-refractivity contribution is -0.146. The standard InChI is InChI=1S/C11H20N2O4/c1-7(14)8(9(15)16)13-10(17)11(2)5-3-4-6-12-11/h7-8,12,14H,3-6H2,1-2H3,(H,13,17)(H,15,16). The molecular formula is C11H20N2O4. The van der Waals surface area contributed by atoms with E-state index in [1.54, 1.807) is 6.92 Å². The molecule has 3 atom stereocenters. The van der Waals surface area contributed by atoms with Crippen molar-refractivity contribution in [1.82, 2.24) is 10.6 Å². The largest absolute Gasteiger partial charge is 0.480 e. The zero-order chi connectivity index (χ0) is 13.1. The van der Waals surface area contributed by atoms with Gasteiger partial charge in [0.1, 0.15) is 0 Å². The molecule has 4 N–H and O–H groups in total. The minimum Gasteiger partial charge on any atom is -0.480 e. The normalized spacial score (nSPS) is 28.2. The molecule has 0 aliphatic carbocycles. The number of aliphatic hydroxyl groups excluding tert-OH is 1. The highest BCUT2D eigenvalue weighted by Crippen LogP contribution is 2.19. The summed E-state index contributed by atoms with van der Waals surface area (Å²) in [5, 5.41) is 23.6. The molecule has 1 saturated heterocycles. The van der Waals surface area contributed by atoms with Gasteiger partial charge in [0.15, 0.2) is 6.04 Å². The highest BCUT2D eigenvalue weighted by Gasteiger charge is 2.37. The SMILES string of the molecule is CC(O)C(NC(=O)C1(C)CCCCN1)C(=O)O. The summed E-state index contributed by atoms with van der Waals surface area (Å²) in [4.78, 5) is 22.9. The van der Waals surface area contributed by atoms with Gasteiger partial charge in [0.2, 0.25) is 5.91 Å². The van der Waals surface area contributed by atoms with Gasteiger partial charge < -0.3 is 20.8 Å². The van der Waals surface area contributed by atoms with Crippen LogP contribution in [0.3, 0.4) is 0 Å². The average Bonchev–Trinajstić information content (AvgIpc) is 2.25. The molecule has 1 rings (SSSR count). The Morgan fingerprint density at radius 2 is 2.06 bits per heavy atom. The lowest BCUT2D eigenvalue weighted by atomic mass is 9.89. The van der Waals surface area contributed by atoms with Gasteiger partial charge in [-0.25, -0.2) is 4.79 Å². The highest BCUT2D eigenvalue weighted by atomic mass is 16.4. The number of nitrogens with one attached hydrogen (secondary N) is 2. The smallest absolute Gasteiger partial charge is 0.328 e. The number of aliphatic carboxylic acids is 1. The van der Waals surface area contributed by atoms with E-state index in [2.05, 4.69) is 10.6 Å². The Balaban J connectivity index is 2.66. The van der Waals surface area contributed by atoms with Gasteiger partial charge in [0, 0.05) is 0 Å². The molecule has 0 radical (unpaired) electrons. The topological polar surface area (TPSA) is 98.7 Å². The summed E-state index contributed by atoms with van der Waals surface area (Å²) in [5.41, 5.74) is -0.735. The Morgan fingerprint density at radius 3 is 2.47 bits per heavy atom. The maximum absolute atomic E-state index is 12.0. The van der Waals surface area contributed by atoms with Crippen LogP contribution in [0.4, 0.5) is 0 Å². The first-order chi connectivity index (χ1) is 7.87.